The van der Waals surface area contributed by atoms with E-state index in [1.807, 2.05) is 48.6 Å². The second-order valence-electron chi connectivity index (χ2n) is 4.55. The molecule has 0 aromatic rings. The topological polar surface area (TPSA) is 37.3 Å². The van der Waals surface area contributed by atoms with Crippen LogP contribution in [-0.4, -0.2) is 11.1 Å². The molecule has 2 heteroatoms. The Morgan fingerprint density at radius 1 is 0.727 bits per heavy atom. The molecule has 0 aliphatic rings. The van der Waals surface area contributed by atoms with Crippen molar-refractivity contribution in [1.82, 2.24) is 0 Å². The summed E-state index contributed by atoms with van der Waals surface area (Å²) < 4.78 is 0. The van der Waals surface area contributed by atoms with Gasteiger partial charge in [-0.25, -0.2) is 4.79 Å². The van der Waals surface area contributed by atoms with Gasteiger partial charge in [0, 0.05) is 6.08 Å². The Morgan fingerprint density at radius 2 is 1.18 bits per heavy atom. The van der Waals surface area contributed by atoms with Gasteiger partial charge in [0.1, 0.15) is 0 Å². The van der Waals surface area contributed by atoms with Crippen LogP contribution in [0.3, 0.4) is 0 Å². The zero-order valence-electron chi connectivity index (χ0n) is 13.3. The molecule has 0 unspecified atom stereocenters. The standard InChI is InChI=1S/C20H26O2/c1-2-3-4-5-6-7-8-9-10-11-12-13-14-15-16-17-18-19-20(21)22/h6-19H,2-5H2,1H3,(H,21,22). The SMILES string of the molecule is CCCCCC=CC=CC=CC=CC=CC=CC=CC(=O)O. The maximum absolute atomic E-state index is 10.2. The third-order valence-corrected chi connectivity index (χ3v) is 2.57. The van der Waals surface area contributed by atoms with Crippen molar-refractivity contribution in [3.63, 3.8) is 0 Å². The summed E-state index contributed by atoms with van der Waals surface area (Å²) in [7, 11) is 0. The highest BCUT2D eigenvalue weighted by Gasteiger charge is 1.79. The van der Waals surface area contributed by atoms with Gasteiger partial charge in [-0.15, -0.1) is 0 Å². The molecular formula is C20H26O2. The van der Waals surface area contributed by atoms with E-state index in [1.165, 1.54) is 25.3 Å². The summed E-state index contributed by atoms with van der Waals surface area (Å²) in [6.45, 7) is 2.21. The van der Waals surface area contributed by atoms with Crippen molar-refractivity contribution < 1.29 is 9.90 Å². The molecule has 2 nitrogen and oxygen atoms in total. The van der Waals surface area contributed by atoms with Crippen LogP contribution in [0.2, 0.25) is 0 Å². The minimum absolute atomic E-state index is 0.942. The van der Waals surface area contributed by atoms with Crippen LogP contribution >= 0.6 is 0 Å². The molecule has 0 radical (unpaired) electrons. The molecule has 0 saturated heterocycles. The predicted molar refractivity (Wildman–Crippen MR) is 95.8 cm³/mol. The Hall–Kier alpha value is -2.35. The van der Waals surface area contributed by atoms with E-state index < -0.39 is 5.97 Å². The third kappa shape index (κ3) is 17.6. The van der Waals surface area contributed by atoms with E-state index in [2.05, 4.69) is 19.1 Å². The van der Waals surface area contributed by atoms with Crippen molar-refractivity contribution in [2.75, 3.05) is 0 Å². The summed E-state index contributed by atoms with van der Waals surface area (Å²) in [4.78, 5) is 10.2. The van der Waals surface area contributed by atoms with Crippen LogP contribution in [0.4, 0.5) is 0 Å². The highest BCUT2D eigenvalue weighted by Crippen LogP contribution is 1.99. The fraction of sp³-hybridized carbons (Fsp3) is 0.250. The van der Waals surface area contributed by atoms with Crippen molar-refractivity contribution in [3.8, 4) is 0 Å². The van der Waals surface area contributed by atoms with Crippen LogP contribution in [0.5, 0.6) is 0 Å². The van der Waals surface area contributed by atoms with Crippen molar-refractivity contribution in [1.29, 1.82) is 0 Å². The Balaban J connectivity index is 3.77. The molecule has 0 aromatic heterocycles. The number of carbonyl (C=O) groups is 1. The molecule has 118 valence electrons. The number of carboxylic acid groups (broad SMARTS) is 1. The molecule has 0 rings (SSSR count). The molecule has 0 aromatic carbocycles. The van der Waals surface area contributed by atoms with Gasteiger partial charge in [-0.3, -0.25) is 0 Å². The predicted octanol–water partition coefficient (Wildman–Crippen LogP) is 5.54. The Kier molecular flexibility index (Phi) is 14.9. The van der Waals surface area contributed by atoms with Crippen LogP contribution in [-0.2, 0) is 4.79 Å². The zero-order valence-corrected chi connectivity index (χ0v) is 13.3. The van der Waals surface area contributed by atoms with E-state index in [1.54, 1.807) is 12.2 Å². The lowest BCUT2D eigenvalue weighted by atomic mass is 10.2. The van der Waals surface area contributed by atoms with E-state index in [-0.39, 0.29) is 0 Å². The highest BCUT2D eigenvalue weighted by atomic mass is 16.4. The minimum atomic E-state index is -0.942. The largest absolute Gasteiger partial charge is 0.478 e. The summed E-state index contributed by atoms with van der Waals surface area (Å²) >= 11 is 0. The fourth-order valence-electron chi connectivity index (χ4n) is 1.47. The molecule has 0 heterocycles. The lowest BCUT2D eigenvalue weighted by Gasteiger charge is -1.89. The summed E-state index contributed by atoms with van der Waals surface area (Å²) in [5, 5.41) is 8.37. The van der Waals surface area contributed by atoms with Crippen molar-refractivity contribution in [2.45, 2.75) is 32.6 Å². The van der Waals surface area contributed by atoms with E-state index in [4.69, 9.17) is 5.11 Å². The van der Waals surface area contributed by atoms with Gasteiger partial charge < -0.3 is 5.11 Å². The quantitative estimate of drug-likeness (QED) is 0.309. The molecule has 22 heavy (non-hydrogen) atoms. The molecule has 0 saturated carbocycles. The summed E-state index contributed by atoms with van der Waals surface area (Å²) in [5.41, 5.74) is 0. The first kappa shape index (κ1) is 19.7. The zero-order chi connectivity index (χ0) is 16.3. The monoisotopic (exact) mass is 298 g/mol. The van der Waals surface area contributed by atoms with Gasteiger partial charge in [0.15, 0.2) is 0 Å². The van der Waals surface area contributed by atoms with Gasteiger partial charge in [-0.05, 0) is 12.8 Å². The second kappa shape index (κ2) is 16.7. The molecule has 0 atom stereocenters. The van der Waals surface area contributed by atoms with Crippen molar-refractivity contribution in [3.05, 3.63) is 85.1 Å². The average molecular weight is 298 g/mol. The number of allylic oxidation sites excluding steroid dienone is 13. The first-order valence-corrected chi connectivity index (χ1v) is 7.67. The second-order valence-corrected chi connectivity index (χ2v) is 4.55. The molecule has 0 amide bonds. The highest BCUT2D eigenvalue weighted by molar-refractivity contribution is 5.80. The Morgan fingerprint density at radius 3 is 1.64 bits per heavy atom. The van der Waals surface area contributed by atoms with Gasteiger partial charge in [0.25, 0.3) is 0 Å². The van der Waals surface area contributed by atoms with Crippen molar-refractivity contribution in [2.24, 2.45) is 0 Å². The van der Waals surface area contributed by atoms with Crippen LogP contribution in [0.1, 0.15) is 32.6 Å². The number of hydrogen-bond acceptors (Lipinski definition) is 1. The minimum Gasteiger partial charge on any atom is -0.478 e. The Bertz CT molecular complexity index is 472. The number of unbranched alkanes of at least 4 members (excludes halogenated alkanes) is 3. The third-order valence-electron chi connectivity index (χ3n) is 2.57. The molecule has 0 bridgehead atoms. The number of aliphatic carboxylic acids is 1. The lowest BCUT2D eigenvalue weighted by molar-refractivity contribution is -0.131. The maximum atomic E-state index is 10.2. The van der Waals surface area contributed by atoms with E-state index in [9.17, 15) is 4.79 Å². The molecule has 0 fully saturated rings. The van der Waals surface area contributed by atoms with E-state index in [0.29, 0.717) is 0 Å². The molecule has 0 spiro atoms. The lowest BCUT2D eigenvalue weighted by Crippen LogP contribution is -1.84. The van der Waals surface area contributed by atoms with E-state index in [0.717, 1.165) is 12.5 Å². The van der Waals surface area contributed by atoms with Crippen molar-refractivity contribution >= 4 is 5.97 Å². The van der Waals surface area contributed by atoms with Crippen LogP contribution in [0, 0.1) is 0 Å². The summed E-state index contributed by atoms with van der Waals surface area (Å²) in [6.07, 6.45) is 30.8. The van der Waals surface area contributed by atoms with Gasteiger partial charge >= 0.3 is 5.97 Å². The number of hydrogen-bond donors (Lipinski definition) is 1. The van der Waals surface area contributed by atoms with Gasteiger partial charge in [-0.1, -0.05) is 98.8 Å². The normalized spacial score (nSPS) is 13.5. The van der Waals surface area contributed by atoms with Gasteiger partial charge in [0.2, 0.25) is 0 Å². The van der Waals surface area contributed by atoms with Gasteiger partial charge in [0.05, 0.1) is 0 Å². The maximum Gasteiger partial charge on any atom is 0.328 e. The number of carboxylic acids is 1. The molecule has 1 N–H and O–H groups in total. The van der Waals surface area contributed by atoms with E-state index >= 15 is 0 Å². The first-order chi connectivity index (χ1) is 10.8. The smallest absolute Gasteiger partial charge is 0.328 e. The molecule has 0 aliphatic heterocycles. The van der Waals surface area contributed by atoms with Crippen LogP contribution < -0.4 is 0 Å². The first-order valence-electron chi connectivity index (χ1n) is 7.67. The fourth-order valence-corrected chi connectivity index (χ4v) is 1.47. The average Bonchev–Trinajstić information content (AvgIpc) is 2.50. The summed E-state index contributed by atoms with van der Waals surface area (Å²) in [5.74, 6) is -0.942. The van der Waals surface area contributed by atoms with Crippen LogP contribution in [0.15, 0.2) is 85.1 Å². The molecular weight excluding hydrogens is 272 g/mol. The van der Waals surface area contributed by atoms with Crippen LogP contribution in [0.25, 0.3) is 0 Å². The van der Waals surface area contributed by atoms with Gasteiger partial charge in [-0.2, -0.15) is 0 Å². The summed E-state index contributed by atoms with van der Waals surface area (Å²) in [6, 6.07) is 0. The Labute approximate surface area is 134 Å². The molecule has 0 aliphatic carbocycles. The number of rotatable bonds is 11.